The minimum atomic E-state index is 0.819. The fourth-order valence-corrected chi connectivity index (χ4v) is 5.55. The maximum absolute atomic E-state index is 5.00. The number of imidazole rings is 1. The summed E-state index contributed by atoms with van der Waals surface area (Å²) in [4.78, 5) is 12.0. The number of rotatable bonds is 5. The minimum Gasteiger partial charge on any atom is -0.343 e. The molecule has 0 radical (unpaired) electrons. The van der Waals surface area contributed by atoms with Crippen LogP contribution in [0.3, 0.4) is 0 Å². The molecule has 1 aliphatic rings. The summed E-state index contributed by atoms with van der Waals surface area (Å²) in [6.07, 6.45) is 7.73. The summed E-state index contributed by atoms with van der Waals surface area (Å²) >= 11 is 1.74. The third kappa shape index (κ3) is 4.03. The third-order valence-electron chi connectivity index (χ3n) is 6.36. The normalized spacial score (nSPS) is 13.3. The third-order valence-corrected chi connectivity index (χ3v) is 7.31. The molecule has 0 atom stereocenters. The van der Waals surface area contributed by atoms with Crippen molar-refractivity contribution in [3.63, 3.8) is 0 Å². The Hall–Kier alpha value is -3.71. The van der Waals surface area contributed by atoms with Crippen LogP contribution in [0, 0.1) is 13.8 Å². The van der Waals surface area contributed by atoms with E-state index in [2.05, 4.69) is 80.5 Å². The van der Waals surface area contributed by atoms with E-state index in [0.29, 0.717) is 0 Å². The molecule has 0 bridgehead atoms. The largest absolute Gasteiger partial charge is 0.343 e. The first kappa shape index (κ1) is 20.9. The molecular weight excluding hydrogens is 440 g/mol. The standard InChI is InChI=1S/C27H26N6S/c1-19-16-32(20(2)29-19)25-8-7-22-9-12-31(17-23(22)15-25)27-30-24(18-34-27)13-21-5-3-6-26(14-21)33-11-4-10-28-33/h3-8,10-11,14-16,18H,9,12-13,17H2,1-2H3. The molecule has 0 aliphatic carbocycles. The number of benzene rings is 2. The van der Waals surface area contributed by atoms with Crippen LogP contribution in [-0.2, 0) is 19.4 Å². The van der Waals surface area contributed by atoms with Gasteiger partial charge in [-0.25, -0.2) is 14.6 Å². The van der Waals surface area contributed by atoms with Crippen molar-refractivity contribution in [3.8, 4) is 11.4 Å². The van der Waals surface area contributed by atoms with Crippen molar-refractivity contribution in [3.05, 3.63) is 106 Å². The predicted octanol–water partition coefficient (Wildman–Crippen LogP) is 5.28. The molecule has 0 spiro atoms. The van der Waals surface area contributed by atoms with E-state index in [9.17, 15) is 0 Å². The average Bonchev–Trinajstić information content (AvgIpc) is 3.60. The molecule has 2 aromatic carbocycles. The number of hydrogen-bond donors (Lipinski definition) is 0. The van der Waals surface area contributed by atoms with Crippen LogP contribution < -0.4 is 4.90 Å². The van der Waals surface area contributed by atoms with Crippen LogP contribution in [0.15, 0.2) is 72.5 Å². The van der Waals surface area contributed by atoms with Crippen LogP contribution in [0.25, 0.3) is 11.4 Å². The molecule has 1 aliphatic heterocycles. The SMILES string of the molecule is Cc1cn(-c2ccc3c(c2)CN(c2nc(Cc4cccc(-n5cccn5)c4)cs2)CC3)c(C)n1. The first-order chi connectivity index (χ1) is 16.6. The highest BCUT2D eigenvalue weighted by Gasteiger charge is 2.20. The highest BCUT2D eigenvalue weighted by atomic mass is 32.1. The van der Waals surface area contributed by atoms with Gasteiger partial charge in [-0.1, -0.05) is 18.2 Å². The van der Waals surface area contributed by atoms with Gasteiger partial charge in [0.05, 0.1) is 17.1 Å². The molecule has 0 N–H and O–H groups in total. The van der Waals surface area contributed by atoms with E-state index in [4.69, 9.17) is 4.98 Å². The topological polar surface area (TPSA) is 51.8 Å². The molecule has 34 heavy (non-hydrogen) atoms. The molecule has 5 aromatic rings. The Balaban J connectivity index is 1.20. The van der Waals surface area contributed by atoms with Gasteiger partial charge >= 0.3 is 0 Å². The second kappa shape index (κ2) is 8.57. The summed E-state index contributed by atoms with van der Waals surface area (Å²) < 4.78 is 4.06. The van der Waals surface area contributed by atoms with Crippen molar-refractivity contribution in [2.45, 2.75) is 33.2 Å². The highest BCUT2D eigenvalue weighted by molar-refractivity contribution is 7.13. The summed E-state index contributed by atoms with van der Waals surface area (Å²) in [6.45, 7) is 5.98. The van der Waals surface area contributed by atoms with E-state index in [1.165, 1.54) is 22.4 Å². The summed E-state index contributed by atoms with van der Waals surface area (Å²) in [6, 6.07) is 17.2. The van der Waals surface area contributed by atoms with E-state index < -0.39 is 0 Å². The maximum atomic E-state index is 5.00. The zero-order valence-corrected chi connectivity index (χ0v) is 20.2. The molecule has 0 unspecified atom stereocenters. The van der Waals surface area contributed by atoms with E-state index in [1.54, 1.807) is 17.5 Å². The molecule has 0 saturated carbocycles. The van der Waals surface area contributed by atoms with Crippen LogP contribution >= 0.6 is 11.3 Å². The van der Waals surface area contributed by atoms with Crippen molar-refractivity contribution >= 4 is 16.5 Å². The van der Waals surface area contributed by atoms with Gasteiger partial charge in [0.15, 0.2) is 5.13 Å². The lowest BCUT2D eigenvalue weighted by atomic mass is 9.99. The summed E-state index contributed by atoms with van der Waals surface area (Å²) in [5, 5.41) is 7.64. The Morgan fingerprint density at radius 3 is 2.74 bits per heavy atom. The fraction of sp³-hybridized carbons (Fsp3) is 0.222. The number of thiazole rings is 1. The van der Waals surface area contributed by atoms with E-state index >= 15 is 0 Å². The van der Waals surface area contributed by atoms with E-state index in [0.717, 1.165) is 54.0 Å². The second-order valence-electron chi connectivity index (χ2n) is 8.84. The average molecular weight is 467 g/mol. The molecule has 7 heteroatoms. The number of nitrogens with zero attached hydrogens (tertiary/aromatic N) is 6. The fourth-order valence-electron chi connectivity index (χ4n) is 4.70. The lowest BCUT2D eigenvalue weighted by Crippen LogP contribution is -2.30. The highest BCUT2D eigenvalue weighted by Crippen LogP contribution is 2.29. The molecule has 6 nitrogen and oxygen atoms in total. The van der Waals surface area contributed by atoms with Gasteiger partial charge in [0, 0.05) is 49.2 Å². The van der Waals surface area contributed by atoms with Gasteiger partial charge < -0.3 is 9.47 Å². The van der Waals surface area contributed by atoms with Gasteiger partial charge in [-0.2, -0.15) is 5.10 Å². The predicted molar refractivity (Wildman–Crippen MR) is 136 cm³/mol. The number of aromatic nitrogens is 5. The summed E-state index contributed by atoms with van der Waals surface area (Å²) in [7, 11) is 0. The molecule has 6 rings (SSSR count). The van der Waals surface area contributed by atoms with Gasteiger partial charge in [0.25, 0.3) is 0 Å². The molecule has 3 aromatic heterocycles. The van der Waals surface area contributed by atoms with Crippen molar-refractivity contribution in [1.82, 2.24) is 24.3 Å². The summed E-state index contributed by atoms with van der Waals surface area (Å²) in [5.74, 6) is 1.02. The Labute approximate surface area is 203 Å². The van der Waals surface area contributed by atoms with Crippen LogP contribution in [-0.4, -0.2) is 30.9 Å². The van der Waals surface area contributed by atoms with Crippen LogP contribution in [0.1, 0.15) is 33.9 Å². The Bertz CT molecular complexity index is 1450. The first-order valence-electron chi connectivity index (χ1n) is 11.6. The minimum absolute atomic E-state index is 0.819. The first-order valence-corrected chi connectivity index (χ1v) is 12.4. The van der Waals surface area contributed by atoms with Crippen molar-refractivity contribution in [2.24, 2.45) is 0 Å². The quantitative estimate of drug-likeness (QED) is 0.353. The number of aryl methyl sites for hydroxylation is 2. The summed E-state index contributed by atoms with van der Waals surface area (Å²) in [5.41, 5.74) is 8.45. The van der Waals surface area contributed by atoms with Gasteiger partial charge in [-0.05, 0) is 67.3 Å². The molecular formula is C27H26N6S. The molecule has 170 valence electrons. The Kier molecular flexibility index (Phi) is 5.26. The van der Waals surface area contributed by atoms with Crippen molar-refractivity contribution in [2.75, 3.05) is 11.4 Å². The van der Waals surface area contributed by atoms with Gasteiger partial charge in [-0.3, -0.25) is 0 Å². The van der Waals surface area contributed by atoms with Gasteiger partial charge in [0.2, 0.25) is 0 Å². The van der Waals surface area contributed by atoms with Gasteiger partial charge in [0.1, 0.15) is 5.82 Å². The Morgan fingerprint density at radius 1 is 0.971 bits per heavy atom. The number of fused-ring (bicyclic) bond motifs is 1. The maximum Gasteiger partial charge on any atom is 0.185 e. The van der Waals surface area contributed by atoms with Crippen LogP contribution in [0.2, 0.25) is 0 Å². The van der Waals surface area contributed by atoms with Crippen LogP contribution in [0.5, 0.6) is 0 Å². The number of hydrogen-bond acceptors (Lipinski definition) is 5. The second-order valence-corrected chi connectivity index (χ2v) is 9.68. The zero-order chi connectivity index (χ0) is 23.1. The van der Waals surface area contributed by atoms with Gasteiger partial charge in [-0.15, -0.1) is 11.3 Å². The van der Waals surface area contributed by atoms with Crippen molar-refractivity contribution in [1.29, 1.82) is 0 Å². The smallest absolute Gasteiger partial charge is 0.185 e. The molecule has 0 amide bonds. The van der Waals surface area contributed by atoms with E-state index in [-0.39, 0.29) is 0 Å². The lowest BCUT2D eigenvalue weighted by Gasteiger charge is -2.29. The lowest BCUT2D eigenvalue weighted by molar-refractivity contribution is 0.726. The number of anilines is 1. The zero-order valence-electron chi connectivity index (χ0n) is 19.3. The Morgan fingerprint density at radius 2 is 1.91 bits per heavy atom. The van der Waals surface area contributed by atoms with Crippen molar-refractivity contribution < 1.29 is 0 Å². The molecule has 0 fully saturated rings. The molecule has 4 heterocycles. The van der Waals surface area contributed by atoms with Crippen LogP contribution in [0.4, 0.5) is 5.13 Å². The van der Waals surface area contributed by atoms with E-state index in [1.807, 2.05) is 23.9 Å². The molecule has 0 saturated heterocycles. The monoisotopic (exact) mass is 466 g/mol.